The van der Waals surface area contributed by atoms with Crippen LogP contribution in [0, 0.1) is 5.92 Å². The highest BCUT2D eigenvalue weighted by Crippen LogP contribution is 2.32. The normalized spacial score (nSPS) is 40.0. The standard InChI is InChI=1S/C16H27ClFN3O4S/c17-12-6-10(2-3-13(12)18)20-16(23)9-1-4-14(19)15(5-9)26(24,25)21-7-11(22)8-21/h9-15,22H,1-8,19H2,(H,20,23). The Morgan fingerprint density at radius 1 is 1.19 bits per heavy atom. The van der Waals surface area contributed by atoms with Crippen molar-refractivity contribution in [2.45, 2.75) is 73.5 Å². The Kier molecular flexibility index (Phi) is 6.13. The fourth-order valence-corrected chi connectivity index (χ4v) is 6.61. The summed E-state index contributed by atoms with van der Waals surface area (Å²) in [4.78, 5) is 12.6. The smallest absolute Gasteiger partial charge is 0.223 e. The van der Waals surface area contributed by atoms with Gasteiger partial charge in [0.15, 0.2) is 0 Å². The summed E-state index contributed by atoms with van der Waals surface area (Å²) in [5.74, 6) is -0.635. The van der Waals surface area contributed by atoms with Crippen LogP contribution in [0.25, 0.3) is 0 Å². The fourth-order valence-electron chi connectivity index (χ4n) is 4.08. The van der Waals surface area contributed by atoms with Gasteiger partial charge in [-0.2, -0.15) is 4.31 Å². The van der Waals surface area contributed by atoms with Gasteiger partial charge >= 0.3 is 0 Å². The number of amides is 1. The van der Waals surface area contributed by atoms with E-state index >= 15 is 0 Å². The van der Waals surface area contributed by atoms with E-state index in [-0.39, 0.29) is 31.5 Å². The zero-order valence-electron chi connectivity index (χ0n) is 14.6. The summed E-state index contributed by atoms with van der Waals surface area (Å²) < 4.78 is 40.1. The van der Waals surface area contributed by atoms with Crippen molar-refractivity contribution in [1.82, 2.24) is 9.62 Å². The summed E-state index contributed by atoms with van der Waals surface area (Å²) in [5, 5.41) is 10.9. The Hall–Kier alpha value is -0.480. The number of alkyl halides is 2. The lowest BCUT2D eigenvalue weighted by molar-refractivity contribution is -0.127. The Morgan fingerprint density at radius 2 is 1.88 bits per heavy atom. The van der Waals surface area contributed by atoms with Gasteiger partial charge in [0.1, 0.15) is 6.17 Å². The minimum atomic E-state index is -3.63. The molecule has 6 unspecified atom stereocenters. The van der Waals surface area contributed by atoms with Crippen molar-refractivity contribution in [2.75, 3.05) is 13.1 Å². The maximum absolute atomic E-state index is 13.5. The number of carbonyl (C=O) groups is 1. The summed E-state index contributed by atoms with van der Waals surface area (Å²) in [6.07, 6.45) is 0.729. The van der Waals surface area contributed by atoms with Gasteiger partial charge in [-0.25, -0.2) is 12.8 Å². The van der Waals surface area contributed by atoms with Crippen LogP contribution >= 0.6 is 11.6 Å². The lowest BCUT2D eigenvalue weighted by atomic mass is 9.84. The number of nitrogens with two attached hydrogens (primary N) is 1. The summed E-state index contributed by atoms with van der Waals surface area (Å²) in [7, 11) is -3.63. The molecule has 0 aromatic heterocycles. The van der Waals surface area contributed by atoms with E-state index in [2.05, 4.69) is 5.32 Å². The van der Waals surface area contributed by atoms with E-state index in [4.69, 9.17) is 17.3 Å². The lowest BCUT2D eigenvalue weighted by Crippen LogP contribution is -2.60. The van der Waals surface area contributed by atoms with E-state index in [0.717, 1.165) is 0 Å². The van der Waals surface area contributed by atoms with Crippen LogP contribution in [0.2, 0.25) is 0 Å². The van der Waals surface area contributed by atoms with Gasteiger partial charge in [0.05, 0.1) is 16.7 Å². The van der Waals surface area contributed by atoms with Gasteiger partial charge < -0.3 is 16.2 Å². The van der Waals surface area contributed by atoms with Crippen molar-refractivity contribution >= 4 is 27.5 Å². The molecule has 2 saturated carbocycles. The van der Waals surface area contributed by atoms with Gasteiger partial charge in [0.25, 0.3) is 0 Å². The molecular formula is C16H27ClFN3O4S. The average molecular weight is 412 g/mol. The predicted octanol–water partition coefficient (Wildman–Crippen LogP) is 0.103. The Labute approximate surface area is 158 Å². The first-order valence-electron chi connectivity index (χ1n) is 9.19. The number of carbonyl (C=O) groups excluding carboxylic acids is 1. The van der Waals surface area contributed by atoms with Crippen LogP contribution in [0.3, 0.4) is 0 Å². The number of β-amino-alcohol motifs (C(OH)–C–C–N with tert-alkyl or cyclic N) is 1. The van der Waals surface area contributed by atoms with Crippen LogP contribution in [0.5, 0.6) is 0 Å². The molecule has 10 heteroatoms. The number of hydrogen-bond donors (Lipinski definition) is 3. The van der Waals surface area contributed by atoms with E-state index in [1.54, 1.807) is 0 Å². The van der Waals surface area contributed by atoms with Gasteiger partial charge in [-0.3, -0.25) is 4.79 Å². The van der Waals surface area contributed by atoms with E-state index in [1.165, 1.54) is 4.31 Å². The van der Waals surface area contributed by atoms with Crippen LogP contribution in [0.15, 0.2) is 0 Å². The summed E-state index contributed by atoms with van der Waals surface area (Å²) in [6.45, 7) is 0.179. The van der Waals surface area contributed by atoms with E-state index < -0.39 is 44.9 Å². The van der Waals surface area contributed by atoms with Crippen molar-refractivity contribution in [2.24, 2.45) is 11.7 Å². The largest absolute Gasteiger partial charge is 0.390 e. The molecule has 150 valence electrons. The molecule has 1 aliphatic heterocycles. The first-order valence-corrected chi connectivity index (χ1v) is 11.1. The molecule has 1 saturated heterocycles. The highest BCUT2D eigenvalue weighted by Gasteiger charge is 2.46. The lowest BCUT2D eigenvalue weighted by Gasteiger charge is -2.41. The molecule has 1 amide bonds. The second kappa shape index (κ2) is 7.87. The number of rotatable bonds is 4. The van der Waals surface area contributed by atoms with Crippen molar-refractivity contribution < 1.29 is 22.7 Å². The second-order valence-electron chi connectivity index (χ2n) is 7.78. The van der Waals surface area contributed by atoms with Gasteiger partial charge in [-0.15, -0.1) is 11.6 Å². The fraction of sp³-hybridized carbons (Fsp3) is 0.938. The van der Waals surface area contributed by atoms with E-state index in [1.807, 2.05) is 0 Å². The third-order valence-electron chi connectivity index (χ3n) is 5.82. The minimum absolute atomic E-state index is 0.0893. The zero-order valence-corrected chi connectivity index (χ0v) is 16.1. The second-order valence-corrected chi connectivity index (χ2v) is 10.5. The molecule has 4 N–H and O–H groups in total. The average Bonchev–Trinajstić information content (AvgIpc) is 2.55. The summed E-state index contributed by atoms with van der Waals surface area (Å²) in [5.41, 5.74) is 6.04. The van der Waals surface area contributed by atoms with Crippen molar-refractivity contribution in [1.29, 1.82) is 0 Å². The summed E-state index contributed by atoms with van der Waals surface area (Å²) >= 11 is 5.95. The maximum atomic E-state index is 13.5. The molecule has 1 heterocycles. The number of sulfonamides is 1. The van der Waals surface area contributed by atoms with Crippen molar-refractivity contribution in [3.63, 3.8) is 0 Å². The van der Waals surface area contributed by atoms with Crippen molar-refractivity contribution in [3.05, 3.63) is 0 Å². The SMILES string of the molecule is NC1CCC(C(=O)NC2CCC(F)C(Cl)C2)CC1S(=O)(=O)N1CC(O)C1. The number of nitrogens with zero attached hydrogens (tertiary/aromatic N) is 1. The third-order valence-corrected chi connectivity index (χ3v) is 8.60. The van der Waals surface area contributed by atoms with Crippen LogP contribution in [0.1, 0.15) is 38.5 Å². The van der Waals surface area contributed by atoms with Gasteiger partial charge in [0.2, 0.25) is 15.9 Å². The van der Waals surface area contributed by atoms with E-state index in [9.17, 15) is 22.7 Å². The highest BCUT2D eigenvalue weighted by molar-refractivity contribution is 7.89. The molecule has 0 bridgehead atoms. The molecule has 0 spiro atoms. The molecule has 3 fully saturated rings. The molecule has 26 heavy (non-hydrogen) atoms. The first kappa shape index (κ1) is 20.3. The van der Waals surface area contributed by atoms with Gasteiger partial charge in [-0.1, -0.05) is 0 Å². The number of nitrogens with one attached hydrogen (secondary N) is 1. The molecule has 6 atom stereocenters. The minimum Gasteiger partial charge on any atom is -0.390 e. The van der Waals surface area contributed by atoms with Crippen LogP contribution in [-0.4, -0.2) is 71.8 Å². The monoisotopic (exact) mass is 411 g/mol. The Morgan fingerprint density at radius 3 is 2.50 bits per heavy atom. The molecule has 0 radical (unpaired) electrons. The highest BCUT2D eigenvalue weighted by atomic mass is 35.5. The van der Waals surface area contributed by atoms with Crippen molar-refractivity contribution in [3.8, 4) is 0 Å². The van der Waals surface area contributed by atoms with Gasteiger partial charge in [0, 0.05) is 31.1 Å². The number of aliphatic hydroxyl groups excluding tert-OH is 1. The topological polar surface area (TPSA) is 113 Å². The van der Waals surface area contributed by atoms with Crippen LogP contribution in [-0.2, 0) is 14.8 Å². The molecular weight excluding hydrogens is 385 g/mol. The first-order chi connectivity index (χ1) is 12.2. The number of halogens is 2. The quantitative estimate of drug-likeness (QED) is 0.568. The zero-order chi connectivity index (χ0) is 19.1. The molecule has 3 rings (SSSR count). The van der Waals surface area contributed by atoms with Crippen LogP contribution in [0.4, 0.5) is 4.39 Å². The Balaban J connectivity index is 1.59. The summed E-state index contributed by atoms with van der Waals surface area (Å²) in [6, 6.07) is -0.691. The van der Waals surface area contributed by atoms with Gasteiger partial charge in [-0.05, 0) is 38.5 Å². The molecule has 3 aliphatic rings. The number of aliphatic hydroxyl groups is 1. The molecule has 0 aromatic rings. The Bertz CT molecular complexity index is 631. The number of hydrogen-bond acceptors (Lipinski definition) is 5. The third kappa shape index (κ3) is 4.16. The predicted molar refractivity (Wildman–Crippen MR) is 95.9 cm³/mol. The molecule has 2 aliphatic carbocycles. The molecule has 7 nitrogen and oxygen atoms in total. The molecule has 0 aromatic carbocycles. The van der Waals surface area contributed by atoms with Crippen LogP contribution < -0.4 is 11.1 Å². The van der Waals surface area contributed by atoms with E-state index in [0.29, 0.717) is 32.1 Å². The maximum Gasteiger partial charge on any atom is 0.223 e.